The molecular formula is C18H23N3O2. The summed E-state index contributed by atoms with van der Waals surface area (Å²) >= 11 is 0. The van der Waals surface area contributed by atoms with E-state index in [1.807, 2.05) is 37.3 Å². The zero-order valence-corrected chi connectivity index (χ0v) is 13.7. The Labute approximate surface area is 136 Å². The van der Waals surface area contributed by atoms with Gasteiger partial charge >= 0.3 is 0 Å². The molecular weight excluding hydrogens is 290 g/mol. The van der Waals surface area contributed by atoms with E-state index >= 15 is 0 Å². The van der Waals surface area contributed by atoms with Crippen LogP contribution in [-0.4, -0.2) is 22.2 Å². The van der Waals surface area contributed by atoms with Gasteiger partial charge in [-0.15, -0.1) is 0 Å². The second-order valence-electron chi connectivity index (χ2n) is 5.43. The number of carbonyl (C=O) groups excluding carboxylic acids is 1. The number of para-hydroxylation sites is 1. The van der Waals surface area contributed by atoms with Crippen molar-refractivity contribution in [3.63, 3.8) is 0 Å². The first kappa shape index (κ1) is 16.9. The maximum absolute atomic E-state index is 12.9. The van der Waals surface area contributed by atoms with Crippen LogP contribution < -0.4 is 10.5 Å². The number of aryl methyl sites for hydroxylation is 1. The number of carbonyl (C=O) groups is 1. The van der Waals surface area contributed by atoms with Crippen LogP contribution in [0.15, 0.2) is 47.3 Å². The largest absolute Gasteiger partial charge is 0.307 e. The van der Waals surface area contributed by atoms with E-state index in [4.69, 9.17) is 0 Å². The van der Waals surface area contributed by atoms with Crippen molar-refractivity contribution in [1.82, 2.24) is 9.78 Å². The Morgan fingerprint density at radius 2 is 1.83 bits per heavy atom. The predicted octanol–water partition coefficient (Wildman–Crippen LogP) is 3.10. The van der Waals surface area contributed by atoms with Gasteiger partial charge < -0.3 is 4.90 Å². The summed E-state index contributed by atoms with van der Waals surface area (Å²) in [6.07, 6.45) is 2.71. The van der Waals surface area contributed by atoms with Gasteiger partial charge in [0.05, 0.1) is 0 Å². The van der Waals surface area contributed by atoms with Gasteiger partial charge in [-0.3, -0.25) is 9.59 Å². The number of nitrogens with zero attached hydrogens (tertiary/aromatic N) is 3. The van der Waals surface area contributed by atoms with E-state index < -0.39 is 0 Å². The fraction of sp³-hybridized carbons (Fsp3) is 0.389. The molecule has 1 aromatic carbocycles. The van der Waals surface area contributed by atoms with E-state index in [0.717, 1.165) is 24.9 Å². The summed E-state index contributed by atoms with van der Waals surface area (Å²) in [5.41, 5.74) is 0.974. The summed E-state index contributed by atoms with van der Waals surface area (Å²) < 4.78 is 1.36. The van der Waals surface area contributed by atoms with Crippen molar-refractivity contribution >= 4 is 11.6 Å². The van der Waals surface area contributed by atoms with Crippen molar-refractivity contribution in [2.75, 3.05) is 11.4 Å². The lowest BCUT2D eigenvalue weighted by Gasteiger charge is -2.22. The number of amides is 1. The molecule has 122 valence electrons. The van der Waals surface area contributed by atoms with Gasteiger partial charge in [-0.2, -0.15) is 5.10 Å². The molecule has 0 N–H and O–H groups in total. The monoisotopic (exact) mass is 313 g/mol. The summed E-state index contributed by atoms with van der Waals surface area (Å²) in [5.74, 6) is -0.172. The third-order valence-electron chi connectivity index (χ3n) is 3.57. The molecule has 0 saturated carbocycles. The fourth-order valence-corrected chi connectivity index (χ4v) is 2.35. The third kappa shape index (κ3) is 4.28. The molecule has 2 rings (SSSR count). The molecule has 0 aliphatic carbocycles. The van der Waals surface area contributed by atoms with Crippen molar-refractivity contribution < 1.29 is 4.79 Å². The molecule has 0 saturated heterocycles. The van der Waals surface area contributed by atoms with Gasteiger partial charge in [0.1, 0.15) is 5.69 Å². The first-order valence-electron chi connectivity index (χ1n) is 8.12. The van der Waals surface area contributed by atoms with Crippen molar-refractivity contribution in [1.29, 1.82) is 0 Å². The molecule has 5 heteroatoms. The smallest absolute Gasteiger partial charge is 0.278 e. The lowest BCUT2D eigenvalue weighted by atomic mass is 10.2. The van der Waals surface area contributed by atoms with Crippen LogP contribution in [0.4, 0.5) is 5.69 Å². The summed E-state index contributed by atoms with van der Waals surface area (Å²) in [7, 11) is 0. The molecule has 0 bridgehead atoms. The highest BCUT2D eigenvalue weighted by molar-refractivity contribution is 6.04. The second-order valence-corrected chi connectivity index (χ2v) is 5.43. The minimum atomic E-state index is -0.178. The first-order chi connectivity index (χ1) is 11.2. The van der Waals surface area contributed by atoms with Crippen molar-refractivity contribution in [2.45, 2.75) is 39.7 Å². The van der Waals surface area contributed by atoms with Crippen LogP contribution in [0.5, 0.6) is 0 Å². The number of unbranched alkanes of at least 4 members (excludes halogenated alkanes) is 1. The van der Waals surface area contributed by atoms with Crippen LogP contribution in [0.25, 0.3) is 0 Å². The number of aromatic nitrogens is 2. The van der Waals surface area contributed by atoms with Gasteiger partial charge in [0.25, 0.3) is 11.5 Å². The highest BCUT2D eigenvalue weighted by Crippen LogP contribution is 2.16. The maximum atomic E-state index is 12.9. The van der Waals surface area contributed by atoms with Gasteiger partial charge in [0.2, 0.25) is 0 Å². The summed E-state index contributed by atoms with van der Waals surface area (Å²) in [6, 6.07) is 12.5. The maximum Gasteiger partial charge on any atom is 0.278 e. The molecule has 1 heterocycles. The lowest BCUT2D eigenvalue weighted by molar-refractivity contribution is 0.0979. The molecule has 23 heavy (non-hydrogen) atoms. The van der Waals surface area contributed by atoms with Crippen LogP contribution in [0.2, 0.25) is 0 Å². The Morgan fingerprint density at radius 1 is 1.09 bits per heavy atom. The van der Waals surface area contributed by atoms with Crippen molar-refractivity contribution in [2.24, 2.45) is 0 Å². The molecule has 0 fully saturated rings. The minimum absolute atomic E-state index is 0.172. The topological polar surface area (TPSA) is 55.2 Å². The van der Waals surface area contributed by atoms with E-state index in [2.05, 4.69) is 12.0 Å². The van der Waals surface area contributed by atoms with E-state index in [9.17, 15) is 9.59 Å². The van der Waals surface area contributed by atoms with E-state index in [1.54, 1.807) is 4.90 Å². The van der Waals surface area contributed by atoms with Crippen LogP contribution in [0.1, 0.15) is 43.6 Å². The highest BCUT2D eigenvalue weighted by atomic mass is 16.2. The molecule has 0 spiro atoms. The number of hydrogen-bond donors (Lipinski definition) is 0. The quantitative estimate of drug-likeness (QED) is 0.789. The van der Waals surface area contributed by atoms with Crippen LogP contribution in [-0.2, 0) is 6.54 Å². The summed E-state index contributed by atoms with van der Waals surface area (Å²) in [6.45, 7) is 5.21. The van der Waals surface area contributed by atoms with E-state index in [-0.39, 0.29) is 11.5 Å². The Morgan fingerprint density at radius 3 is 2.48 bits per heavy atom. The lowest BCUT2D eigenvalue weighted by Crippen LogP contribution is -2.34. The molecule has 0 radical (unpaired) electrons. The zero-order valence-electron chi connectivity index (χ0n) is 13.7. The van der Waals surface area contributed by atoms with Gasteiger partial charge in [0.15, 0.2) is 0 Å². The van der Waals surface area contributed by atoms with Crippen molar-refractivity contribution in [3.8, 4) is 0 Å². The highest BCUT2D eigenvalue weighted by Gasteiger charge is 2.19. The fourth-order valence-electron chi connectivity index (χ4n) is 2.35. The molecule has 0 atom stereocenters. The average Bonchev–Trinajstić information content (AvgIpc) is 2.58. The van der Waals surface area contributed by atoms with Crippen LogP contribution in [0.3, 0.4) is 0 Å². The van der Waals surface area contributed by atoms with E-state index in [1.165, 1.54) is 16.8 Å². The molecule has 0 unspecified atom stereocenters. The molecule has 0 aliphatic heterocycles. The van der Waals surface area contributed by atoms with Crippen LogP contribution >= 0.6 is 0 Å². The standard InChI is InChI=1S/C18H23N3O2/c1-3-5-14-20(15-9-7-6-8-10-15)18(23)16-11-12-17(22)21(19-16)13-4-2/h6-12H,3-5,13-14H2,1-2H3. The van der Waals surface area contributed by atoms with Crippen LogP contribution in [0, 0.1) is 0 Å². The average molecular weight is 313 g/mol. The van der Waals surface area contributed by atoms with Gasteiger partial charge in [-0.25, -0.2) is 4.68 Å². The number of rotatable bonds is 7. The molecule has 1 aromatic heterocycles. The Bertz CT molecular complexity index is 695. The van der Waals surface area contributed by atoms with Gasteiger partial charge in [-0.05, 0) is 31.0 Å². The minimum Gasteiger partial charge on any atom is -0.307 e. The number of anilines is 1. The van der Waals surface area contributed by atoms with Gasteiger partial charge in [0, 0.05) is 24.8 Å². The zero-order chi connectivity index (χ0) is 16.7. The Balaban J connectivity index is 2.33. The summed E-state index contributed by atoms with van der Waals surface area (Å²) in [5, 5.41) is 4.23. The third-order valence-corrected chi connectivity index (χ3v) is 3.57. The molecule has 5 nitrogen and oxygen atoms in total. The van der Waals surface area contributed by atoms with E-state index in [0.29, 0.717) is 18.8 Å². The Kier molecular flexibility index (Phi) is 6.09. The Hall–Kier alpha value is -2.43. The second kappa shape index (κ2) is 8.27. The first-order valence-corrected chi connectivity index (χ1v) is 8.12. The predicted molar refractivity (Wildman–Crippen MR) is 91.8 cm³/mol. The molecule has 1 amide bonds. The SMILES string of the molecule is CCCCN(C(=O)c1ccc(=O)n(CCC)n1)c1ccccc1. The molecule has 2 aromatic rings. The molecule has 0 aliphatic rings. The van der Waals surface area contributed by atoms with Crippen molar-refractivity contribution in [3.05, 3.63) is 58.5 Å². The number of hydrogen-bond acceptors (Lipinski definition) is 3. The van der Waals surface area contributed by atoms with Gasteiger partial charge in [-0.1, -0.05) is 38.5 Å². The normalized spacial score (nSPS) is 10.5. The number of benzene rings is 1. The summed E-state index contributed by atoms with van der Waals surface area (Å²) in [4.78, 5) is 26.4.